The van der Waals surface area contributed by atoms with Crippen LogP contribution < -0.4 is 46.6 Å². The summed E-state index contributed by atoms with van der Waals surface area (Å²) in [4.78, 5) is 25.6. The second-order valence-corrected chi connectivity index (χ2v) is 18.7. The summed E-state index contributed by atoms with van der Waals surface area (Å²) < 4.78 is 315. The molecule has 0 aliphatic carbocycles. The minimum absolute atomic E-state index is 0.402. The highest BCUT2D eigenvalue weighted by Gasteiger charge is 2.48. The molecule has 38 heteroatoms. The molecule has 0 bridgehead atoms. The fourth-order valence-corrected chi connectivity index (χ4v) is 5.75. The lowest BCUT2D eigenvalue weighted by atomic mass is 10.2. The lowest BCUT2D eigenvalue weighted by Gasteiger charge is -2.36. The van der Waals surface area contributed by atoms with E-state index in [4.69, 9.17) is 19.2 Å². The van der Waals surface area contributed by atoms with Crippen LogP contribution >= 0.6 is 7.82 Å². The van der Waals surface area contributed by atoms with Crippen molar-refractivity contribution >= 4 is 25.7 Å². The Bertz CT molecular complexity index is 1520. The Kier molecular flexibility index (Phi) is 34.9. The second-order valence-electron chi connectivity index (χ2n) is 17.8. The van der Waals surface area contributed by atoms with Gasteiger partial charge in [-0.1, -0.05) is 0 Å². The zero-order valence-electron chi connectivity index (χ0n) is 43.2. The molecule has 0 heterocycles. The van der Waals surface area contributed by atoms with Crippen molar-refractivity contribution in [3.8, 4) is 0 Å². The fraction of sp³-hybridized carbons (Fsp3) is 0.923. The molecule has 0 radical (unpaired) electrons. The molecule has 0 unspecified atom stereocenters. The molecule has 6 N–H and O–H groups in total. The Labute approximate surface area is 428 Å². The highest BCUT2D eigenvalue weighted by Crippen LogP contribution is 2.26. The summed E-state index contributed by atoms with van der Waals surface area (Å²) in [6.45, 7) is 9.93. The maximum absolute atomic E-state index is 13.0. The van der Waals surface area contributed by atoms with Crippen LogP contribution in [0.1, 0.15) is 83.1 Å². The summed E-state index contributed by atoms with van der Waals surface area (Å²) >= 11 is 0. The lowest BCUT2D eigenvalue weighted by Crippen LogP contribution is -2.55. The summed E-state index contributed by atoms with van der Waals surface area (Å²) in [5, 5.41) is 11.6. The third kappa shape index (κ3) is 32.8. The van der Waals surface area contributed by atoms with Gasteiger partial charge in [0.1, 0.15) is 39.3 Å². The number of hydrogen-bond acceptors (Lipinski definition) is 4. The Hall–Kier alpha value is -3.76. The number of nitrogens with one attached hydrogen (secondary N) is 6. The van der Waals surface area contributed by atoms with E-state index in [0.717, 1.165) is 0 Å². The van der Waals surface area contributed by atoms with Crippen LogP contribution in [0.2, 0.25) is 0 Å². The van der Waals surface area contributed by atoms with Crippen molar-refractivity contribution < 1.29 is 138 Å². The molecule has 77 heavy (non-hydrogen) atoms. The summed E-state index contributed by atoms with van der Waals surface area (Å²) in [6.07, 6.45) is -23.7. The standard InChI is InChI=1S/3C13H21F8N3.H3O4P/c3*1-7(2)24(8(3)4)11(22-5-12(18,19)9(14)15)23-6-13(20,21)10(16)17;1-5(2,3)4/h3*7-10H,5-6H2,1-4H3,(H,22,23);(H3,1,2,3,4). The smallest absolute Gasteiger partial charge is 0.346 e. The number of rotatable bonds is 24. The van der Waals surface area contributed by atoms with E-state index in [1.54, 1.807) is 83.1 Å². The summed E-state index contributed by atoms with van der Waals surface area (Å²) in [5.74, 6) is -27.8. The van der Waals surface area contributed by atoms with Gasteiger partial charge in [0.25, 0.3) is 0 Å². The molecular formula is C39H66F24N9O4P. The predicted octanol–water partition coefficient (Wildman–Crippen LogP) is 6.63. The van der Waals surface area contributed by atoms with E-state index in [0.29, 0.717) is 0 Å². The molecule has 0 aromatic rings. The van der Waals surface area contributed by atoms with E-state index in [2.05, 4.69) is 0 Å². The van der Waals surface area contributed by atoms with Gasteiger partial charge < -0.3 is 19.2 Å². The molecule has 0 aliphatic rings. The Morgan fingerprint density at radius 3 is 0.468 bits per heavy atom. The van der Waals surface area contributed by atoms with Gasteiger partial charge in [0.2, 0.25) is 0 Å². The van der Waals surface area contributed by atoms with Gasteiger partial charge in [0.15, 0.2) is 0 Å². The highest BCUT2D eigenvalue weighted by atomic mass is 31.2. The fourth-order valence-electron chi connectivity index (χ4n) is 5.75. The normalized spacial score (nSPS) is 13.1. The molecule has 0 aromatic carbocycles. The SMILES string of the molecule is CC(C)[N+](=C(NCC(F)(F)C(F)F)NCC(F)(F)C(F)F)C(C)C.CC(C)[N+](=C(NCC(F)(F)C(F)F)NCC(F)(F)C(F)F)C(C)C.CC(C)[N+](=C(NCC(F)(F)C(F)F)NCC(F)(F)C(F)F)C(C)C.O=P([O-])([O-])[O-]. The van der Waals surface area contributed by atoms with Crippen molar-refractivity contribution in [2.24, 2.45) is 0 Å². The molecule has 0 rings (SSSR count). The monoisotopic (exact) mass is 1210 g/mol. The first-order chi connectivity index (χ1) is 34.2. The largest absolute Gasteiger partial charge is 0.822 e. The molecule has 0 fully saturated rings. The molecule has 0 aromatic heterocycles. The van der Waals surface area contributed by atoms with Gasteiger partial charge in [-0.15, -0.1) is 0 Å². The van der Waals surface area contributed by atoms with Crippen molar-refractivity contribution in [2.45, 2.75) is 193 Å². The van der Waals surface area contributed by atoms with Crippen LogP contribution in [0.4, 0.5) is 105 Å². The van der Waals surface area contributed by atoms with Crippen molar-refractivity contribution in [3.05, 3.63) is 0 Å². The first-order valence-corrected chi connectivity index (χ1v) is 23.7. The number of guanidine groups is 3. The molecule has 0 amide bonds. The van der Waals surface area contributed by atoms with Crippen LogP contribution in [-0.2, 0) is 4.57 Å². The average Bonchev–Trinajstić information content (AvgIpc) is 3.22. The van der Waals surface area contributed by atoms with Crippen molar-refractivity contribution in [1.82, 2.24) is 31.9 Å². The van der Waals surface area contributed by atoms with Crippen LogP contribution in [0.5, 0.6) is 0 Å². The number of phosphoric acid groups is 1. The minimum atomic E-state index is -5.39. The third-order valence-corrected chi connectivity index (χ3v) is 8.98. The van der Waals surface area contributed by atoms with Gasteiger partial charge in [0.05, 0.1) is 36.3 Å². The second kappa shape index (κ2) is 33.7. The number of nitrogens with zero attached hydrogens (tertiary/aromatic N) is 3. The Balaban J connectivity index is -0.000000495. The predicted molar refractivity (Wildman–Crippen MR) is 228 cm³/mol. The Morgan fingerprint density at radius 2 is 0.403 bits per heavy atom. The molecule has 0 saturated heterocycles. The minimum Gasteiger partial charge on any atom is -0.822 e. The highest BCUT2D eigenvalue weighted by molar-refractivity contribution is 7.40. The van der Waals surface area contributed by atoms with Crippen LogP contribution in [0, 0.1) is 0 Å². The van der Waals surface area contributed by atoms with E-state index >= 15 is 0 Å². The average molecular weight is 1210 g/mol. The van der Waals surface area contributed by atoms with E-state index in [-0.39, 0.29) is 0 Å². The van der Waals surface area contributed by atoms with Crippen molar-refractivity contribution in [2.75, 3.05) is 39.3 Å². The van der Waals surface area contributed by atoms with Crippen LogP contribution in [0.15, 0.2) is 0 Å². The van der Waals surface area contributed by atoms with Crippen molar-refractivity contribution in [1.29, 1.82) is 0 Å². The molecule has 13 nitrogen and oxygen atoms in total. The zero-order chi connectivity index (χ0) is 62.4. The number of hydrogen-bond donors (Lipinski definition) is 6. The topological polar surface area (TPSA) is 167 Å². The number of alkyl halides is 24. The van der Waals surface area contributed by atoms with Crippen LogP contribution in [0.3, 0.4) is 0 Å². The van der Waals surface area contributed by atoms with Gasteiger partial charge >= 0.3 is 92.0 Å². The van der Waals surface area contributed by atoms with E-state index in [1.807, 2.05) is 31.9 Å². The molecular weight excluding hydrogens is 1150 g/mol. The van der Waals surface area contributed by atoms with Crippen LogP contribution in [0.25, 0.3) is 0 Å². The van der Waals surface area contributed by atoms with Gasteiger partial charge in [-0.2, -0.15) is 60.5 Å². The zero-order valence-corrected chi connectivity index (χ0v) is 44.1. The Morgan fingerprint density at radius 1 is 0.312 bits per heavy atom. The molecule has 0 aliphatic heterocycles. The quantitative estimate of drug-likeness (QED) is 0.0203. The molecule has 0 saturated carbocycles. The molecule has 0 spiro atoms. The summed E-state index contributed by atoms with van der Waals surface area (Å²) in [5.41, 5.74) is 0. The first kappa shape index (κ1) is 79.7. The van der Waals surface area contributed by atoms with Gasteiger partial charge in [-0.25, -0.2) is 52.7 Å². The van der Waals surface area contributed by atoms with Gasteiger partial charge in [0, 0.05) is 0 Å². The van der Waals surface area contributed by atoms with Crippen LogP contribution in [-0.4, -0.2) is 181 Å². The lowest BCUT2D eigenvalue weighted by molar-refractivity contribution is -0.591. The van der Waals surface area contributed by atoms with Gasteiger partial charge in [-0.05, 0) is 83.1 Å². The third-order valence-electron chi connectivity index (χ3n) is 8.98. The van der Waals surface area contributed by atoms with Crippen molar-refractivity contribution in [3.63, 3.8) is 0 Å². The maximum atomic E-state index is 13.0. The first-order valence-electron chi connectivity index (χ1n) is 22.2. The van der Waals surface area contributed by atoms with E-state index < -0.39 is 175 Å². The molecule has 0 atom stereocenters. The summed E-state index contributed by atoms with van der Waals surface area (Å²) in [7, 11) is -5.39. The van der Waals surface area contributed by atoms with E-state index in [1.165, 1.54) is 13.7 Å². The summed E-state index contributed by atoms with van der Waals surface area (Å²) in [6, 6.07) is -2.41. The van der Waals surface area contributed by atoms with Gasteiger partial charge in [-0.3, -0.25) is 45.6 Å². The number of halogens is 24. The molecule has 464 valence electrons. The maximum Gasteiger partial charge on any atom is 0.346 e. The van der Waals surface area contributed by atoms with E-state index in [9.17, 15) is 105 Å².